The number of aliphatic hydroxyl groups is 2. The third kappa shape index (κ3) is 6.94. The van der Waals surface area contributed by atoms with Gasteiger partial charge in [-0.15, -0.1) is 0 Å². The lowest BCUT2D eigenvalue weighted by Gasteiger charge is -2.42. The Hall–Kier alpha value is -4.49. The number of anilines is 3. The molecular formula is C30H34FN9O5. The Morgan fingerprint density at radius 3 is 2.64 bits per heavy atom. The first-order valence-corrected chi connectivity index (χ1v) is 14.8. The van der Waals surface area contributed by atoms with Crippen molar-refractivity contribution in [1.82, 2.24) is 29.7 Å². The Balaban J connectivity index is 1.07. The molecule has 3 atom stereocenters. The van der Waals surface area contributed by atoms with Crippen molar-refractivity contribution in [2.75, 3.05) is 69.3 Å². The number of amides is 1. The number of piperazine rings is 1. The molecule has 3 aliphatic rings. The van der Waals surface area contributed by atoms with Crippen molar-refractivity contribution in [1.29, 1.82) is 5.26 Å². The number of nitriles is 1. The lowest BCUT2D eigenvalue weighted by Crippen LogP contribution is -2.56. The molecule has 0 spiro atoms. The minimum atomic E-state index is -1.58. The van der Waals surface area contributed by atoms with Crippen molar-refractivity contribution < 1.29 is 28.9 Å². The largest absolute Gasteiger partial charge is 0.486 e. The van der Waals surface area contributed by atoms with Gasteiger partial charge in [0, 0.05) is 44.7 Å². The van der Waals surface area contributed by atoms with Gasteiger partial charge in [-0.25, -0.2) is 19.3 Å². The highest BCUT2D eigenvalue weighted by atomic mass is 19.1. The molecule has 0 aliphatic carbocycles. The van der Waals surface area contributed by atoms with Crippen LogP contribution >= 0.6 is 0 Å². The number of pyridine rings is 1. The first-order valence-electron chi connectivity index (χ1n) is 14.8. The van der Waals surface area contributed by atoms with E-state index < -0.39 is 30.9 Å². The second-order valence-corrected chi connectivity index (χ2v) is 11.1. The molecule has 3 aromatic rings. The van der Waals surface area contributed by atoms with Gasteiger partial charge in [0.05, 0.1) is 49.9 Å². The Kier molecular flexibility index (Phi) is 9.26. The number of alkyl halides is 1. The third-order valence-electron chi connectivity index (χ3n) is 8.24. The number of halogens is 1. The quantitative estimate of drug-likeness (QED) is 0.306. The number of carbonyl (C=O) groups excluding carboxylic acids is 1. The van der Waals surface area contributed by atoms with Crippen LogP contribution in [0.15, 0.2) is 42.9 Å². The fourth-order valence-corrected chi connectivity index (χ4v) is 5.55. The van der Waals surface area contributed by atoms with Crippen molar-refractivity contribution >= 4 is 23.4 Å². The van der Waals surface area contributed by atoms with Crippen LogP contribution in [0.4, 0.5) is 21.8 Å². The number of nitrogens with one attached hydrogen (secondary N) is 1. The summed E-state index contributed by atoms with van der Waals surface area (Å²) >= 11 is 0. The molecule has 3 N–H and O–H groups in total. The molecule has 14 nitrogen and oxygen atoms in total. The van der Waals surface area contributed by atoms with Gasteiger partial charge in [-0.1, -0.05) is 0 Å². The number of aromatic nitrogens is 4. The monoisotopic (exact) mass is 619 g/mol. The normalized spacial score (nSPS) is 21.5. The van der Waals surface area contributed by atoms with E-state index in [9.17, 15) is 19.6 Å². The van der Waals surface area contributed by atoms with E-state index in [4.69, 9.17) is 14.6 Å². The number of hydrogen-bond acceptors (Lipinski definition) is 13. The number of piperidine rings is 1. The highest BCUT2D eigenvalue weighted by Gasteiger charge is 2.35. The summed E-state index contributed by atoms with van der Waals surface area (Å²) in [6.07, 6.45) is -0.760. The highest BCUT2D eigenvalue weighted by Crippen LogP contribution is 2.29. The van der Waals surface area contributed by atoms with Crippen LogP contribution in [0.5, 0.6) is 5.75 Å². The maximum Gasteiger partial charge on any atom is 0.253 e. The van der Waals surface area contributed by atoms with Gasteiger partial charge in [0.2, 0.25) is 5.95 Å². The first-order chi connectivity index (χ1) is 21.9. The molecule has 236 valence electrons. The van der Waals surface area contributed by atoms with Gasteiger partial charge in [-0.05, 0) is 30.3 Å². The smallest absolute Gasteiger partial charge is 0.253 e. The van der Waals surface area contributed by atoms with E-state index in [2.05, 4.69) is 41.1 Å². The summed E-state index contributed by atoms with van der Waals surface area (Å²) in [5, 5.41) is 31.5. The third-order valence-corrected chi connectivity index (χ3v) is 8.24. The van der Waals surface area contributed by atoms with Crippen molar-refractivity contribution in [3.63, 3.8) is 0 Å². The molecule has 5 heterocycles. The molecule has 6 rings (SSSR count). The van der Waals surface area contributed by atoms with Crippen molar-refractivity contribution in [3.05, 3.63) is 48.4 Å². The van der Waals surface area contributed by atoms with Crippen molar-refractivity contribution in [2.45, 2.75) is 30.8 Å². The van der Waals surface area contributed by atoms with Gasteiger partial charge >= 0.3 is 0 Å². The molecule has 2 aromatic heterocycles. The van der Waals surface area contributed by atoms with E-state index in [1.165, 1.54) is 6.33 Å². The van der Waals surface area contributed by atoms with Crippen molar-refractivity contribution in [3.8, 4) is 23.2 Å². The van der Waals surface area contributed by atoms with Crippen LogP contribution in [0.2, 0.25) is 0 Å². The lowest BCUT2D eigenvalue weighted by molar-refractivity contribution is -0.146. The maximum absolute atomic E-state index is 14.9. The fourth-order valence-electron chi connectivity index (χ4n) is 5.55. The van der Waals surface area contributed by atoms with Crippen LogP contribution in [0.3, 0.4) is 0 Å². The van der Waals surface area contributed by atoms with Crippen LogP contribution in [-0.2, 0) is 9.53 Å². The van der Waals surface area contributed by atoms with E-state index >= 15 is 0 Å². The summed E-state index contributed by atoms with van der Waals surface area (Å²) < 4.78 is 26.1. The predicted octanol–water partition coefficient (Wildman–Crippen LogP) is 0.741. The van der Waals surface area contributed by atoms with Crippen LogP contribution in [0.1, 0.15) is 12.0 Å². The van der Waals surface area contributed by atoms with Gasteiger partial charge in [0.15, 0.2) is 18.1 Å². The molecule has 0 bridgehead atoms. The second-order valence-electron chi connectivity index (χ2n) is 11.1. The molecule has 1 unspecified atom stereocenters. The number of rotatable bonds is 9. The molecule has 3 fully saturated rings. The average Bonchev–Trinajstić information content (AvgIpc) is 3.05. The number of benzene rings is 1. The van der Waals surface area contributed by atoms with Gasteiger partial charge in [-0.3, -0.25) is 9.69 Å². The van der Waals surface area contributed by atoms with E-state index in [0.717, 1.165) is 50.1 Å². The number of carbonyl (C=O) groups is 1. The molecule has 0 radical (unpaired) electrons. The summed E-state index contributed by atoms with van der Waals surface area (Å²) in [6.45, 7) is 4.56. The summed E-state index contributed by atoms with van der Waals surface area (Å²) in [5.74, 6) is 1.00. The number of aliphatic hydroxyl groups excluding tert-OH is 2. The standard InChI is InChI=1S/C30H34FN9O5/c31-23-14-40(29(43)24(42)15-41)6-5-26(23)45-25-3-1-19(11-20(25)12-32)28-34-18-35-30(37-28)36-21-2-4-27(33-13-21)39-9-7-38(8-10-39)22-16-44-17-22/h1-4,11,13,18,22-24,26,41-42H,5-10,14-17H2,(H,34,35,36,37)/t23-,24?,26+/m1/s1. The molecule has 15 heteroatoms. The number of ether oxygens (including phenoxy) is 2. The van der Waals surface area contributed by atoms with E-state index in [1.54, 1.807) is 24.4 Å². The predicted molar refractivity (Wildman–Crippen MR) is 159 cm³/mol. The first kappa shape index (κ1) is 30.5. The zero-order chi connectivity index (χ0) is 31.3. The molecule has 1 aromatic carbocycles. The van der Waals surface area contributed by atoms with Gasteiger partial charge in [0.25, 0.3) is 5.91 Å². The second kappa shape index (κ2) is 13.7. The van der Waals surface area contributed by atoms with Gasteiger partial charge < -0.3 is 34.8 Å². The number of nitrogens with zero attached hydrogens (tertiary/aromatic N) is 8. The zero-order valence-electron chi connectivity index (χ0n) is 24.5. The number of likely N-dealkylation sites (tertiary alicyclic amines) is 1. The maximum atomic E-state index is 14.9. The minimum absolute atomic E-state index is 0.146. The van der Waals surface area contributed by atoms with E-state index in [1.807, 2.05) is 12.1 Å². The summed E-state index contributed by atoms with van der Waals surface area (Å²) in [6, 6.07) is 11.3. The fraction of sp³-hybridized carbons (Fsp3) is 0.467. The zero-order valence-corrected chi connectivity index (χ0v) is 24.5. The Labute approximate surface area is 259 Å². The summed E-state index contributed by atoms with van der Waals surface area (Å²) in [5.41, 5.74) is 1.42. The molecule has 45 heavy (non-hydrogen) atoms. The Bertz CT molecular complexity index is 1530. The minimum Gasteiger partial charge on any atom is -0.486 e. The van der Waals surface area contributed by atoms with Gasteiger partial charge in [0.1, 0.15) is 30.1 Å². The number of hydrogen-bond donors (Lipinski definition) is 3. The molecular weight excluding hydrogens is 585 g/mol. The summed E-state index contributed by atoms with van der Waals surface area (Å²) in [7, 11) is 0. The highest BCUT2D eigenvalue weighted by molar-refractivity contribution is 5.81. The average molecular weight is 620 g/mol. The molecule has 1 amide bonds. The van der Waals surface area contributed by atoms with Crippen LogP contribution in [0.25, 0.3) is 11.4 Å². The van der Waals surface area contributed by atoms with Crippen LogP contribution < -0.4 is 15.0 Å². The Morgan fingerprint density at radius 1 is 1.16 bits per heavy atom. The van der Waals surface area contributed by atoms with E-state index in [-0.39, 0.29) is 30.8 Å². The topological polar surface area (TPSA) is 173 Å². The Morgan fingerprint density at radius 2 is 1.98 bits per heavy atom. The molecule has 3 saturated heterocycles. The molecule has 3 aliphatic heterocycles. The molecule has 0 saturated carbocycles. The van der Waals surface area contributed by atoms with Crippen molar-refractivity contribution in [2.24, 2.45) is 0 Å². The SMILES string of the molecule is N#Cc1cc(-c2ncnc(Nc3ccc(N4CCN(C5COC5)CC4)nc3)n2)ccc1O[C@H]1CCN(C(=O)C(O)CO)C[C@H]1F. The lowest BCUT2D eigenvalue weighted by atomic mass is 10.0. The van der Waals surface area contributed by atoms with Crippen LogP contribution in [-0.4, -0.2) is 129 Å². The van der Waals surface area contributed by atoms with Gasteiger partial charge in [-0.2, -0.15) is 10.2 Å². The summed E-state index contributed by atoms with van der Waals surface area (Å²) in [4.78, 5) is 35.6. The van der Waals surface area contributed by atoms with Crippen LogP contribution in [0, 0.1) is 11.3 Å². The van der Waals surface area contributed by atoms with E-state index in [0.29, 0.717) is 29.1 Å².